The molecule has 0 spiro atoms. The van der Waals surface area contributed by atoms with Crippen molar-refractivity contribution in [2.24, 2.45) is 0 Å². The molecule has 0 atom stereocenters. The highest BCUT2D eigenvalue weighted by Crippen LogP contribution is 2.25. The molecule has 0 aliphatic carbocycles. The van der Waals surface area contributed by atoms with Crippen molar-refractivity contribution in [2.75, 3.05) is 31.1 Å². The van der Waals surface area contributed by atoms with Crippen molar-refractivity contribution in [3.63, 3.8) is 0 Å². The molecule has 1 saturated heterocycles. The van der Waals surface area contributed by atoms with Crippen LogP contribution in [0.5, 0.6) is 0 Å². The molecule has 1 aliphatic heterocycles. The minimum atomic E-state index is 0.0987. The normalized spacial score (nSPS) is 15.5. The maximum atomic E-state index is 11.5. The first kappa shape index (κ1) is 14.3. The van der Waals surface area contributed by atoms with Gasteiger partial charge < -0.3 is 15.5 Å². The Balaban J connectivity index is 2.15. The Morgan fingerprint density at radius 2 is 2.32 bits per heavy atom. The molecule has 1 aromatic carbocycles. The van der Waals surface area contributed by atoms with E-state index in [0.29, 0.717) is 6.54 Å². The zero-order chi connectivity index (χ0) is 13.7. The Morgan fingerprint density at radius 1 is 1.47 bits per heavy atom. The Hall–Kier alpha value is -1.07. The molecular weight excluding hydrogens is 306 g/mol. The lowest BCUT2D eigenvalue weighted by molar-refractivity contribution is -0.120. The molecule has 5 heteroatoms. The highest BCUT2D eigenvalue weighted by molar-refractivity contribution is 9.10. The van der Waals surface area contributed by atoms with Crippen LogP contribution in [0.25, 0.3) is 0 Å². The van der Waals surface area contributed by atoms with Crippen LogP contribution in [-0.2, 0) is 11.3 Å². The fourth-order valence-electron chi connectivity index (χ4n) is 2.25. The Morgan fingerprint density at radius 3 is 3.05 bits per heavy atom. The lowest BCUT2D eigenvalue weighted by Gasteiger charge is -2.30. The first-order valence-electron chi connectivity index (χ1n) is 6.71. The van der Waals surface area contributed by atoms with E-state index in [4.69, 9.17) is 0 Å². The van der Waals surface area contributed by atoms with Crippen LogP contribution in [0.4, 0.5) is 5.69 Å². The second kappa shape index (κ2) is 6.91. The number of anilines is 1. The molecule has 2 rings (SSSR count). The smallest absolute Gasteiger partial charge is 0.239 e. The number of nitrogens with zero attached hydrogens (tertiary/aromatic N) is 1. The van der Waals surface area contributed by atoms with Gasteiger partial charge >= 0.3 is 0 Å². The van der Waals surface area contributed by atoms with E-state index >= 15 is 0 Å². The van der Waals surface area contributed by atoms with Crippen LogP contribution in [0.15, 0.2) is 22.7 Å². The summed E-state index contributed by atoms with van der Waals surface area (Å²) in [7, 11) is 0. The summed E-state index contributed by atoms with van der Waals surface area (Å²) in [4.78, 5) is 13.7. The molecule has 0 aromatic heterocycles. The van der Waals surface area contributed by atoms with E-state index in [1.54, 1.807) is 0 Å². The topological polar surface area (TPSA) is 44.4 Å². The van der Waals surface area contributed by atoms with Gasteiger partial charge in [-0.25, -0.2) is 0 Å². The predicted molar refractivity (Wildman–Crippen MR) is 81.4 cm³/mol. The number of hydrogen-bond donors (Lipinski definition) is 2. The molecule has 1 fully saturated rings. The van der Waals surface area contributed by atoms with Crippen LogP contribution in [0, 0.1) is 0 Å². The van der Waals surface area contributed by atoms with E-state index in [0.717, 1.165) is 42.8 Å². The summed E-state index contributed by atoms with van der Waals surface area (Å²) < 4.78 is 1.08. The van der Waals surface area contributed by atoms with Crippen molar-refractivity contribution in [3.8, 4) is 0 Å². The molecule has 1 amide bonds. The summed E-state index contributed by atoms with van der Waals surface area (Å²) in [5.74, 6) is 0.0987. The number of rotatable bonds is 5. The van der Waals surface area contributed by atoms with Gasteiger partial charge in [0.05, 0.1) is 6.54 Å². The molecule has 0 saturated carbocycles. The van der Waals surface area contributed by atoms with E-state index in [-0.39, 0.29) is 5.91 Å². The summed E-state index contributed by atoms with van der Waals surface area (Å²) in [6.07, 6.45) is 1.12. The summed E-state index contributed by atoms with van der Waals surface area (Å²) in [5, 5.41) is 6.28. The number of hydrogen-bond acceptors (Lipinski definition) is 3. The Labute approximate surface area is 122 Å². The average Bonchev–Trinajstić information content (AvgIpc) is 2.39. The summed E-state index contributed by atoms with van der Waals surface area (Å²) in [6.45, 7) is 6.03. The fourth-order valence-corrected chi connectivity index (χ4v) is 2.66. The summed E-state index contributed by atoms with van der Waals surface area (Å²) >= 11 is 3.52. The average molecular weight is 326 g/mol. The zero-order valence-corrected chi connectivity index (χ0v) is 12.8. The number of carbonyl (C=O) groups excluding carboxylic acids is 1. The van der Waals surface area contributed by atoms with E-state index in [1.165, 1.54) is 5.56 Å². The summed E-state index contributed by atoms with van der Waals surface area (Å²) in [5.41, 5.74) is 2.39. The highest BCUT2D eigenvalue weighted by atomic mass is 79.9. The van der Waals surface area contributed by atoms with Gasteiger partial charge in [0.1, 0.15) is 0 Å². The third-order valence-electron chi connectivity index (χ3n) is 3.16. The van der Waals surface area contributed by atoms with Gasteiger partial charge in [-0.1, -0.05) is 22.9 Å². The fraction of sp³-hybridized carbons (Fsp3) is 0.500. The summed E-state index contributed by atoms with van der Waals surface area (Å²) in [6, 6.07) is 6.25. The third kappa shape index (κ3) is 3.94. The van der Waals surface area contributed by atoms with Gasteiger partial charge in [-0.3, -0.25) is 4.79 Å². The molecule has 104 valence electrons. The standard InChI is InChI=1S/C14H20BrN3O/c1-2-5-16-9-11-8-12(15)3-4-13(11)18-7-6-17-14(19)10-18/h3-4,8,16H,2,5-7,9-10H2,1H3,(H,17,19). The number of amides is 1. The predicted octanol–water partition coefficient (Wildman–Crippen LogP) is 1.88. The lowest BCUT2D eigenvalue weighted by atomic mass is 10.1. The highest BCUT2D eigenvalue weighted by Gasteiger charge is 2.18. The second-order valence-electron chi connectivity index (χ2n) is 4.72. The van der Waals surface area contributed by atoms with Gasteiger partial charge in [0.25, 0.3) is 0 Å². The van der Waals surface area contributed by atoms with Gasteiger partial charge in [0.2, 0.25) is 5.91 Å². The monoisotopic (exact) mass is 325 g/mol. The van der Waals surface area contributed by atoms with Crippen molar-refractivity contribution in [1.82, 2.24) is 10.6 Å². The van der Waals surface area contributed by atoms with Gasteiger partial charge in [-0.2, -0.15) is 0 Å². The zero-order valence-electron chi connectivity index (χ0n) is 11.2. The van der Waals surface area contributed by atoms with Gasteiger partial charge in [0.15, 0.2) is 0 Å². The number of halogens is 1. The van der Waals surface area contributed by atoms with Crippen LogP contribution in [-0.4, -0.2) is 32.1 Å². The first-order valence-corrected chi connectivity index (χ1v) is 7.51. The molecule has 0 unspecified atom stereocenters. The van der Waals surface area contributed by atoms with E-state index in [2.05, 4.69) is 50.5 Å². The second-order valence-corrected chi connectivity index (χ2v) is 5.64. The van der Waals surface area contributed by atoms with Gasteiger partial charge in [-0.05, 0) is 36.7 Å². The maximum absolute atomic E-state index is 11.5. The lowest BCUT2D eigenvalue weighted by Crippen LogP contribution is -2.48. The maximum Gasteiger partial charge on any atom is 0.239 e. The first-order chi connectivity index (χ1) is 9.20. The Kier molecular flexibility index (Phi) is 5.22. The van der Waals surface area contributed by atoms with Crippen molar-refractivity contribution in [1.29, 1.82) is 0 Å². The van der Waals surface area contributed by atoms with Crippen LogP contribution in [0.2, 0.25) is 0 Å². The minimum absolute atomic E-state index is 0.0987. The van der Waals surface area contributed by atoms with E-state index in [1.807, 2.05) is 6.07 Å². The third-order valence-corrected chi connectivity index (χ3v) is 3.66. The number of nitrogens with one attached hydrogen (secondary N) is 2. The minimum Gasteiger partial charge on any atom is -0.360 e. The SMILES string of the molecule is CCCNCc1cc(Br)ccc1N1CCNC(=O)C1. The van der Waals surface area contributed by atoms with Crippen LogP contribution in [0.3, 0.4) is 0 Å². The van der Waals surface area contributed by atoms with Crippen molar-refractivity contribution in [3.05, 3.63) is 28.2 Å². The molecule has 1 aromatic rings. The van der Waals surface area contributed by atoms with Crippen LogP contribution < -0.4 is 15.5 Å². The van der Waals surface area contributed by atoms with Crippen LogP contribution in [0.1, 0.15) is 18.9 Å². The largest absolute Gasteiger partial charge is 0.360 e. The Bertz CT molecular complexity index is 450. The molecule has 0 bridgehead atoms. The van der Waals surface area contributed by atoms with Crippen molar-refractivity contribution >= 4 is 27.5 Å². The molecular formula is C14H20BrN3O. The van der Waals surface area contributed by atoms with Crippen molar-refractivity contribution < 1.29 is 4.79 Å². The number of carbonyl (C=O) groups is 1. The number of benzene rings is 1. The quantitative estimate of drug-likeness (QED) is 0.812. The molecule has 4 nitrogen and oxygen atoms in total. The molecule has 1 aliphatic rings. The molecule has 19 heavy (non-hydrogen) atoms. The molecule has 0 radical (unpaired) electrons. The molecule has 1 heterocycles. The van der Waals surface area contributed by atoms with E-state index in [9.17, 15) is 4.79 Å². The van der Waals surface area contributed by atoms with Gasteiger partial charge in [-0.15, -0.1) is 0 Å². The van der Waals surface area contributed by atoms with Crippen LogP contribution >= 0.6 is 15.9 Å². The van der Waals surface area contributed by atoms with Gasteiger partial charge in [0, 0.05) is 29.8 Å². The number of piperazine rings is 1. The van der Waals surface area contributed by atoms with Crippen molar-refractivity contribution in [2.45, 2.75) is 19.9 Å². The van der Waals surface area contributed by atoms with E-state index < -0.39 is 0 Å². The molecule has 2 N–H and O–H groups in total.